The van der Waals surface area contributed by atoms with E-state index in [4.69, 9.17) is 10.5 Å². The Labute approximate surface area is 122 Å². The molecule has 2 N–H and O–H groups in total. The van der Waals surface area contributed by atoms with Gasteiger partial charge in [0.15, 0.2) is 0 Å². The minimum Gasteiger partial charge on any atom is -0.372 e. The molecule has 20 heavy (non-hydrogen) atoms. The van der Waals surface area contributed by atoms with Crippen molar-refractivity contribution in [1.29, 1.82) is 0 Å². The lowest BCUT2D eigenvalue weighted by atomic mass is 9.97. The Bertz CT molecular complexity index is 411. The highest BCUT2D eigenvalue weighted by atomic mass is 16.5. The second-order valence-corrected chi connectivity index (χ2v) is 6.62. The molecule has 1 aliphatic heterocycles. The van der Waals surface area contributed by atoms with Gasteiger partial charge in [-0.2, -0.15) is 0 Å². The van der Waals surface area contributed by atoms with E-state index in [-0.39, 0.29) is 11.6 Å². The molecule has 1 spiro atoms. The van der Waals surface area contributed by atoms with Crippen molar-refractivity contribution in [1.82, 2.24) is 0 Å². The molecule has 2 aliphatic rings. The highest BCUT2D eigenvalue weighted by molar-refractivity contribution is 5.18. The molecule has 1 saturated heterocycles. The first-order valence-corrected chi connectivity index (χ1v) is 8.26. The zero-order valence-electron chi connectivity index (χ0n) is 12.4. The zero-order valence-corrected chi connectivity index (χ0v) is 12.4. The molecule has 0 radical (unpaired) electrons. The normalized spacial score (nSPS) is 26.1. The molecule has 2 heteroatoms. The Hall–Kier alpha value is -0.860. The monoisotopic (exact) mass is 273 g/mol. The van der Waals surface area contributed by atoms with Crippen molar-refractivity contribution >= 4 is 0 Å². The Kier molecular flexibility index (Phi) is 4.42. The first-order valence-electron chi connectivity index (χ1n) is 8.26. The summed E-state index contributed by atoms with van der Waals surface area (Å²) >= 11 is 0. The highest BCUT2D eigenvalue weighted by Gasteiger charge is 2.41. The van der Waals surface area contributed by atoms with E-state index >= 15 is 0 Å². The fourth-order valence-electron chi connectivity index (χ4n) is 3.92. The Morgan fingerprint density at radius 2 is 1.90 bits per heavy atom. The van der Waals surface area contributed by atoms with E-state index in [1.165, 1.54) is 56.9 Å². The van der Waals surface area contributed by atoms with E-state index in [1.54, 1.807) is 0 Å². The SMILES string of the molecule is NC(CCCC1CCC2(CCCC2)O1)c1ccccc1. The van der Waals surface area contributed by atoms with Gasteiger partial charge in [-0.25, -0.2) is 0 Å². The number of nitrogens with two attached hydrogens (primary N) is 1. The summed E-state index contributed by atoms with van der Waals surface area (Å²) in [5.74, 6) is 0. The summed E-state index contributed by atoms with van der Waals surface area (Å²) < 4.78 is 6.36. The summed E-state index contributed by atoms with van der Waals surface area (Å²) in [4.78, 5) is 0. The lowest BCUT2D eigenvalue weighted by Crippen LogP contribution is -2.24. The van der Waals surface area contributed by atoms with Gasteiger partial charge in [0.1, 0.15) is 0 Å². The molecule has 1 aromatic carbocycles. The predicted octanol–water partition coefficient (Wildman–Crippen LogP) is 4.35. The van der Waals surface area contributed by atoms with Crippen LogP contribution >= 0.6 is 0 Å². The van der Waals surface area contributed by atoms with Crippen LogP contribution in [0.4, 0.5) is 0 Å². The summed E-state index contributed by atoms with van der Waals surface area (Å²) in [5.41, 5.74) is 7.80. The fourth-order valence-corrected chi connectivity index (χ4v) is 3.92. The lowest BCUT2D eigenvalue weighted by molar-refractivity contribution is -0.0396. The molecule has 1 aliphatic carbocycles. The minimum absolute atomic E-state index is 0.179. The van der Waals surface area contributed by atoms with Gasteiger partial charge >= 0.3 is 0 Å². The summed E-state index contributed by atoms with van der Waals surface area (Å²) in [6.45, 7) is 0. The molecule has 2 fully saturated rings. The molecule has 0 aromatic heterocycles. The standard InChI is InChI=1S/C18H27NO/c19-17(15-7-2-1-3-8-15)10-6-9-16-11-14-18(20-16)12-4-5-13-18/h1-3,7-8,16-17H,4-6,9-14,19H2. The number of hydrogen-bond acceptors (Lipinski definition) is 2. The molecule has 3 rings (SSSR count). The lowest BCUT2D eigenvalue weighted by Gasteiger charge is -2.24. The fraction of sp³-hybridized carbons (Fsp3) is 0.667. The van der Waals surface area contributed by atoms with Crippen LogP contribution in [0.1, 0.15) is 69.4 Å². The van der Waals surface area contributed by atoms with Crippen LogP contribution in [0.2, 0.25) is 0 Å². The molecule has 2 nitrogen and oxygen atoms in total. The molecule has 2 atom stereocenters. The minimum atomic E-state index is 0.179. The average Bonchev–Trinajstić information content (AvgIpc) is 3.10. The summed E-state index contributed by atoms with van der Waals surface area (Å²) in [5, 5.41) is 0. The predicted molar refractivity (Wildman–Crippen MR) is 82.5 cm³/mol. The third kappa shape index (κ3) is 3.24. The van der Waals surface area contributed by atoms with Crippen molar-refractivity contribution in [3.63, 3.8) is 0 Å². The summed E-state index contributed by atoms with van der Waals surface area (Å²) in [6.07, 6.45) is 11.8. The summed E-state index contributed by atoms with van der Waals surface area (Å²) in [6, 6.07) is 10.6. The summed E-state index contributed by atoms with van der Waals surface area (Å²) in [7, 11) is 0. The van der Waals surface area contributed by atoms with Crippen LogP contribution in [-0.2, 0) is 4.74 Å². The molecule has 1 saturated carbocycles. The smallest absolute Gasteiger partial charge is 0.0687 e. The maximum Gasteiger partial charge on any atom is 0.0687 e. The Balaban J connectivity index is 1.40. The number of ether oxygens (including phenoxy) is 1. The second kappa shape index (κ2) is 6.28. The van der Waals surface area contributed by atoms with E-state index in [9.17, 15) is 0 Å². The van der Waals surface area contributed by atoms with Crippen molar-refractivity contribution in [3.05, 3.63) is 35.9 Å². The number of rotatable bonds is 5. The quantitative estimate of drug-likeness (QED) is 0.865. The molecule has 2 unspecified atom stereocenters. The van der Waals surface area contributed by atoms with Crippen molar-refractivity contribution in [2.24, 2.45) is 5.73 Å². The van der Waals surface area contributed by atoms with Crippen LogP contribution in [0.3, 0.4) is 0 Å². The number of benzene rings is 1. The van der Waals surface area contributed by atoms with Gasteiger partial charge in [0.05, 0.1) is 11.7 Å². The first-order chi connectivity index (χ1) is 9.77. The molecule has 110 valence electrons. The third-order valence-corrected chi connectivity index (χ3v) is 5.12. The van der Waals surface area contributed by atoms with Crippen LogP contribution < -0.4 is 5.73 Å². The highest BCUT2D eigenvalue weighted by Crippen LogP contribution is 2.44. The topological polar surface area (TPSA) is 35.2 Å². The molecular weight excluding hydrogens is 246 g/mol. The van der Waals surface area contributed by atoms with Crippen LogP contribution in [0.5, 0.6) is 0 Å². The van der Waals surface area contributed by atoms with Crippen molar-refractivity contribution in [2.75, 3.05) is 0 Å². The van der Waals surface area contributed by atoms with Gasteiger partial charge in [-0.05, 0) is 50.5 Å². The van der Waals surface area contributed by atoms with E-state index in [2.05, 4.69) is 24.3 Å². The van der Waals surface area contributed by atoms with Crippen LogP contribution in [-0.4, -0.2) is 11.7 Å². The van der Waals surface area contributed by atoms with E-state index in [1.807, 2.05) is 6.07 Å². The van der Waals surface area contributed by atoms with Gasteiger partial charge in [-0.3, -0.25) is 0 Å². The van der Waals surface area contributed by atoms with Gasteiger partial charge < -0.3 is 10.5 Å². The van der Waals surface area contributed by atoms with Crippen LogP contribution in [0, 0.1) is 0 Å². The molecule has 1 aromatic rings. The molecule has 1 heterocycles. The van der Waals surface area contributed by atoms with Crippen LogP contribution in [0.25, 0.3) is 0 Å². The Morgan fingerprint density at radius 1 is 1.15 bits per heavy atom. The molecule has 0 bridgehead atoms. The maximum atomic E-state index is 6.36. The second-order valence-electron chi connectivity index (χ2n) is 6.62. The largest absolute Gasteiger partial charge is 0.372 e. The van der Waals surface area contributed by atoms with Gasteiger partial charge in [0, 0.05) is 6.04 Å². The maximum absolute atomic E-state index is 6.36. The molecule has 0 amide bonds. The number of hydrogen-bond donors (Lipinski definition) is 1. The zero-order chi connectivity index (χ0) is 13.8. The van der Waals surface area contributed by atoms with Gasteiger partial charge in [0.25, 0.3) is 0 Å². The Morgan fingerprint density at radius 3 is 2.65 bits per heavy atom. The molecular formula is C18H27NO. The van der Waals surface area contributed by atoms with E-state index < -0.39 is 0 Å². The van der Waals surface area contributed by atoms with Crippen LogP contribution in [0.15, 0.2) is 30.3 Å². The van der Waals surface area contributed by atoms with Gasteiger partial charge in [-0.1, -0.05) is 43.2 Å². The third-order valence-electron chi connectivity index (χ3n) is 5.12. The van der Waals surface area contributed by atoms with E-state index in [0.29, 0.717) is 6.10 Å². The van der Waals surface area contributed by atoms with Gasteiger partial charge in [-0.15, -0.1) is 0 Å². The van der Waals surface area contributed by atoms with E-state index in [0.717, 1.165) is 6.42 Å². The van der Waals surface area contributed by atoms with Crippen molar-refractivity contribution in [2.45, 2.75) is 75.5 Å². The van der Waals surface area contributed by atoms with Crippen molar-refractivity contribution < 1.29 is 4.74 Å². The first kappa shape index (κ1) is 14.1. The van der Waals surface area contributed by atoms with Gasteiger partial charge in [0.2, 0.25) is 0 Å². The van der Waals surface area contributed by atoms with Crippen molar-refractivity contribution in [3.8, 4) is 0 Å². The average molecular weight is 273 g/mol.